The van der Waals surface area contributed by atoms with Crippen molar-refractivity contribution in [1.82, 2.24) is 14.9 Å². The van der Waals surface area contributed by atoms with Crippen molar-refractivity contribution in [2.45, 2.75) is 51.2 Å². The number of rotatable bonds is 6. The molecule has 1 aliphatic carbocycles. The summed E-state index contributed by atoms with van der Waals surface area (Å²) in [6, 6.07) is 1.87. The molecule has 5 heteroatoms. The van der Waals surface area contributed by atoms with Crippen LogP contribution in [0, 0.1) is 0 Å². The first kappa shape index (κ1) is 15.0. The number of likely N-dealkylation sites (N-methyl/N-ethyl adjacent to an activating group) is 1. The Morgan fingerprint density at radius 3 is 2.60 bits per heavy atom. The Balaban J connectivity index is 1.99. The average Bonchev–Trinajstić information content (AvgIpc) is 2.86. The molecule has 20 heavy (non-hydrogen) atoms. The summed E-state index contributed by atoms with van der Waals surface area (Å²) in [6.07, 6.45) is 6.79. The first-order valence-corrected chi connectivity index (χ1v) is 7.42. The Morgan fingerprint density at radius 2 is 2.00 bits per heavy atom. The summed E-state index contributed by atoms with van der Waals surface area (Å²) in [7, 11) is 4.33. The van der Waals surface area contributed by atoms with Crippen molar-refractivity contribution in [3.8, 4) is 5.88 Å². The van der Waals surface area contributed by atoms with Crippen molar-refractivity contribution in [1.29, 1.82) is 0 Å². The van der Waals surface area contributed by atoms with Crippen LogP contribution in [0.1, 0.15) is 39.5 Å². The molecule has 0 radical (unpaired) electrons. The van der Waals surface area contributed by atoms with E-state index in [4.69, 9.17) is 4.74 Å². The molecule has 1 aromatic heterocycles. The smallest absolute Gasteiger partial charge is 0.218 e. The van der Waals surface area contributed by atoms with Crippen molar-refractivity contribution < 1.29 is 4.74 Å². The van der Waals surface area contributed by atoms with Gasteiger partial charge in [-0.1, -0.05) is 12.8 Å². The molecule has 0 aliphatic heterocycles. The highest BCUT2D eigenvalue weighted by Gasteiger charge is 2.35. The second-order valence-corrected chi connectivity index (χ2v) is 6.09. The third kappa shape index (κ3) is 3.60. The normalized spacial score (nSPS) is 17.7. The standard InChI is InChI=1S/C15H26N4O/c1-12(2)20-14-9-13(17-11-18-14)16-10-15(19(3)4)7-5-6-8-15/h9,11-12H,5-8,10H2,1-4H3,(H,16,17,18). The molecule has 1 heterocycles. The van der Waals surface area contributed by atoms with Gasteiger partial charge >= 0.3 is 0 Å². The average molecular weight is 278 g/mol. The Hall–Kier alpha value is -1.36. The summed E-state index contributed by atoms with van der Waals surface area (Å²) in [5.41, 5.74) is 0.254. The quantitative estimate of drug-likeness (QED) is 0.866. The highest BCUT2D eigenvalue weighted by atomic mass is 16.5. The van der Waals surface area contributed by atoms with Gasteiger partial charge in [-0.3, -0.25) is 0 Å². The van der Waals surface area contributed by atoms with E-state index in [2.05, 4.69) is 34.3 Å². The van der Waals surface area contributed by atoms with E-state index in [-0.39, 0.29) is 11.6 Å². The van der Waals surface area contributed by atoms with Crippen LogP contribution >= 0.6 is 0 Å². The van der Waals surface area contributed by atoms with Crippen molar-refractivity contribution >= 4 is 5.82 Å². The number of nitrogens with zero attached hydrogens (tertiary/aromatic N) is 3. The van der Waals surface area contributed by atoms with E-state index < -0.39 is 0 Å². The third-order valence-electron chi connectivity index (χ3n) is 4.08. The summed E-state index contributed by atoms with van der Waals surface area (Å²) in [6.45, 7) is 4.90. The van der Waals surface area contributed by atoms with Gasteiger partial charge in [0.1, 0.15) is 12.1 Å². The van der Waals surface area contributed by atoms with Crippen LogP contribution in [-0.2, 0) is 0 Å². The van der Waals surface area contributed by atoms with E-state index in [1.54, 1.807) is 6.33 Å². The minimum absolute atomic E-state index is 0.126. The fourth-order valence-corrected chi connectivity index (χ4v) is 2.81. The molecule has 0 atom stereocenters. The lowest BCUT2D eigenvalue weighted by atomic mass is 9.96. The molecule has 5 nitrogen and oxygen atoms in total. The van der Waals surface area contributed by atoms with Crippen molar-refractivity contribution in [2.24, 2.45) is 0 Å². The van der Waals surface area contributed by atoms with Gasteiger partial charge < -0.3 is 15.0 Å². The minimum atomic E-state index is 0.126. The predicted octanol–water partition coefficient (Wildman–Crippen LogP) is 2.55. The molecule has 0 spiro atoms. The summed E-state index contributed by atoms with van der Waals surface area (Å²) >= 11 is 0. The molecular weight excluding hydrogens is 252 g/mol. The number of anilines is 1. The monoisotopic (exact) mass is 278 g/mol. The SMILES string of the molecule is CC(C)Oc1cc(NCC2(N(C)C)CCCC2)ncn1. The zero-order valence-corrected chi connectivity index (χ0v) is 13.0. The molecule has 1 fully saturated rings. The number of hydrogen-bond donors (Lipinski definition) is 1. The van der Waals surface area contributed by atoms with Gasteiger partial charge in [-0.2, -0.15) is 0 Å². The van der Waals surface area contributed by atoms with Crippen LogP contribution in [-0.4, -0.2) is 47.2 Å². The van der Waals surface area contributed by atoms with Crippen LogP contribution in [0.4, 0.5) is 5.82 Å². The Morgan fingerprint density at radius 1 is 1.30 bits per heavy atom. The first-order chi connectivity index (χ1) is 9.52. The first-order valence-electron chi connectivity index (χ1n) is 7.42. The number of aromatic nitrogens is 2. The van der Waals surface area contributed by atoms with Gasteiger partial charge in [0.25, 0.3) is 0 Å². The predicted molar refractivity (Wildman–Crippen MR) is 81.2 cm³/mol. The zero-order chi connectivity index (χ0) is 14.6. The van der Waals surface area contributed by atoms with E-state index in [0.717, 1.165) is 12.4 Å². The van der Waals surface area contributed by atoms with E-state index in [1.807, 2.05) is 19.9 Å². The van der Waals surface area contributed by atoms with Crippen LogP contribution in [0.3, 0.4) is 0 Å². The summed E-state index contributed by atoms with van der Waals surface area (Å²) in [5.74, 6) is 1.46. The van der Waals surface area contributed by atoms with Crippen LogP contribution < -0.4 is 10.1 Å². The summed E-state index contributed by atoms with van der Waals surface area (Å²) < 4.78 is 5.60. The lowest BCUT2D eigenvalue weighted by Gasteiger charge is -2.36. The van der Waals surface area contributed by atoms with Crippen LogP contribution in [0.2, 0.25) is 0 Å². The molecule has 1 aromatic rings. The maximum atomic E-state index is 5.60. The fraction of sp³-hybridized carbons (Fsp3) is 0.733. The molecule has 1 N–H and O–H groups in total. The van der Waals surface area contributed by atoms with Crippen LogP contribution in [0.15, 0.2) is 12.4 Å². The van der Waals surface area contributed by atoms with Crippen molar-refractivity contribution in [2.75, 3.05) is 26.0 Å². The van der Waals surface area contributed by atoms with Crippen LogP contribution in [0.5, 0.6) is 5.88 Å². The van der Waals surface area contributed by atoms with E-state index >= 15 is 0 Å². The molecule has 0 bridgehead atoms. The van der Waals surface area contributed by atoms with Crippen LogP contribution in [0.25, 0.3) is 0 Å². The van der Waals surface area contributed by atoms with E-state index in [9.17, 15) is 0 Å². The molecule has 1 saturated carbocycles. The van der Waals surface area contributed by atoms with Gasteiger partial charge in [0.2, 0.25) is 5.88 Å². The number of ether oxygens (including phenoxy) is 1. The van der Waals surface area contributed by atoms with Crippen molar-refractivity contribution in [3.63, 3.8) is 0 Å². The second-order valence-electron chi connectivity index (χ2n) is 6.09. The topological polar surface area (TPSA) is 50.3 Å². The van der Waals surface area contributed by atoms with E-state index in [0.29, 0.717) is 5.88 Å². The van der Waals surface area contributed by atoms with Crippen molar-refractivity contribution in [3.05, 3.63) is 12.4 Å². The number of nitrogens with one attached hydrogen (secondary N) is 1. The molecule has 2 rings (SSSR count). The van der Waals surface area contributed by atoms with Gasteiger partial charge in [0.15, 0.2) is 0 Å². The van der Waals surface area contributed by atoms with E-state index in [1.165, 1.54) is 25.7 Å². The van der Waals surface area contributed by atoms with Gasteiger partial charge in [-0.05, 0) is 40.8 Å². The lowest BCUT2D eigenvalue weighted by molar-refractivity contribution is 0.172. The summed E-state index contributed by atoms with van der Waals surface area (Å²) in [5, 5.41) is 3.45. The highest BCUT2D eigenvalue weighted by Crippen LogP contribution is 2.33. The molecule has 112 valence electrons. The molecule has 0 unspecified atom stereocenters. The summed E-state index contributed by atoms with van der Waals surface area (Å²) in [4.78, 5) is 10.8. The third-order valence-corrected chi connectivity index (χ3v) is 4.08. The molecule has 0 aromatic carbocycles. The molecule has 1 aliphatic rings. The maximum absolute atomic E-state index is 5.60. The zero-order valence-electron chi connectivity index (χ0n) is 13.0. The molecule has 0 saturated heterocycles. The van der Waals surface area contributed by atoms with Gasteiger partial charge in [-0.15, -0.1) is 0 Å². The Bertz CT molecular complexity index is 428. The molecule has 0 amide bonds. The largest absolute Gasteiger partial charge is 0.475 e. The second kappa shape index (κ2) is 6.39. The van der Waals surface area contributed by atoms with Gasteiger partial charge in [0, 0.05) is 18.2 Å². The fourth-order valence-electron chi connectivity index (χ4n) is 2.81. The highest BCUT2D eigenvalue weighted by molar-refractivity contribution is 5.37. The van der Waals surface area contributed by atoms with Gasteiger partial charge in [0.05, 0.1) is 6.10 Å². The Labute approximate surface area is 121 Å². The maximum Gasteiger partial charge on any atom is 0.218 e. The molecular formula is C15H26N4O. The lowest BCUT2D eigenvalue weighted by Crippen LogP contribution is -2.47. The number of hydrogen-bond acceptors (Lipinski definition) is 5. The van der Waals surface area contributed by atoms with Gasteiger partial charge in [-0.25, -0.2) is 9.97 Å². The minimum Gasteiger partial charge on any atom is -0.475 e. The Kier molecular flexibility index (Phi) is 4.81.